The van der Waals surface area contributed by atoms with Gasteiger partial charge >= 0.3 is 0 Å². The van der Waals surface area contributed by atoms with E-state index in [1.54, 1.807) is 0 Å². The number of morpholine rings is 1. The molecule has 0 amide bonds. The SMILES string of the molecule is Cc1ccc(Nc2nc(Cl)nc(N3CCOCC3)n2)cc1Cl. The van der Waals surface area contributed by atoms with E-state index < -0.39 is 0 Å². The molecule has 0 atom stereocenters. The molecule has 1 fully saturated rings. The predicted molar refractivity (Wildman–Crippen MR) is 87.3 cm³/mol. The Kier molecular flexibility index (Phi) is 4.61. The Bertz CT molecular complexity index is 676. The number of anilines is 3. The van der Waals surface area contributed by atoms with Gasteiger partial charge in [0.2, 0.25) is 17.2 Å². The minimum atomic E-state index is 0.150. The minimum absolute atomic E-state index is 0.150. The fourth-order valence-electron chi connectivity index (χ4n) is 2.10. The van der Waals surface area contributed by atoms with E-state index >= 15 is 0 Å². The number of nitrogens with one attached hydrogen (secondary N) is 1. The Hall–Kier alpha value is -1.63. The number of aryl methyl sites for hydroxylation is 1. The number of nitrogens with zero attached hydrogens (tertiary/aromatic N) is 4. The molecule has 0 bridgehead atoms. The standard InChI is InChI=1S/C14H15Cl2N5O/c1-9-2-3-10(8-11(9)15)17-13-18-12(16)19-14(20-13)21-4-6-22-7-5-21/h2-3,8H,4-7H2,1H3,(H,17,18,19,20). The maximum absolute atomic E-state index is 6.12. The van der Waals surface area contributed by atoms with Crippen molar-refractivity contribution in [2.75, 3.05) is 36.5 Å². The lowest BCUT2D eigenvalue weighted by Gasteiger charge is -2.26. The summed E-state index contributed by atoms with van der Waals surface area (Å²) in [6.07, 6.45) is 0. The zero-order valence-electron chi connectivity index (χ0n) is 12.0. The molecule has 1 saturated heterocycles. The van der Waals surface area contributed by atoms with Gasteiger partial charge in [-0.25, -0.2) is 0 Å². The molecule has 6 nitrogen and oxygen atoms in total. The number of benzene rings is 1. The van der Waals surface area contributed by atoms with Gasteiger partial charge in [-0.3, -0.25) is 0 Å². The zero-order valence-corrected chi connectivity index (χ0v) is 13.5. The molecule has 1 aromatic heterocycles. The van der Waals surface area contributed by atoms with Crippen LogP contribution in [-0.2, 0) is 4.74 Å². The highest BCUT2D eigenvalue weighted by molar-refractivity contribution is 6.31. The summed E-state index contributed by atoms with van der Waals surface area (Å²) >= 11 is 12.1. The average Bonchev–Trinajstić information content (AvgIpc) is 2.51. The van der Waals surface area contributed by atoms with Crippen LogP contribution >= 0.6 is 23.2 Å². The number of halogens is 2. The topological polar surface area (TPSA) is 63.2 Å². The van der Waals surface area contributed by atoms with E-state index in [2.05, 4.69) is 20.3 Å². The molecule has 0 aliphatic carbocycles. The van der Waals surface area contributed by atoms with Gasteiger partial charge in [0.05, 0.1) is 13.2 Å². The monoisotopic (exact) mass is 339 g/mol. The lowest BCUT2D eigenvalue weighted by molar-refractivity contribution is 0.122. The molecule has 2 aromatic rings. The van der Waals surface area contributed by atoms with Crippen LogP contribution in [0.25, 0.3) is 0 Å². The number of ether oxygens (including phenoxy) is 1. The highest BCUT2D eigenvalue weighted by Crippen LogP contribution is 2.23. The Balaban J connectivity index is 1.83. The van der Waals surface area contributed by atoms with Gasteiger partial charge in [0, 0.05) is 23.8 Å². The maximum atomic E-state index is 6.12. The Labute approximate surface area is 138 Å². The summed E-state index contributed by atoms with van der Waals surface area (Å²) in [5.74, 6) is 0.936. The third-order valence-electron chi connectivity index (χ3n) is 3.32. The fraction of sp³-hybridized carbons (Fsp3) is 0.357. The molecule has 2 heterocycles. The molecular weight excluding hydrogens is 325 g/mol. The second-order valence-electron chi connectivity index (χ2n) is 4.92. The van der Waals surface area contributed by atoms with Crippen molar-refractivity contribution in [3.8, 4) is 0 Å². The van der Waals surface area contributed by atoms with Crippen LogP contribution in [0.4, 0.5) is 17.6 Å². The van der Waals surface area contributed by atoms with Crippen LogP contribution in [0, 0.1) is 6.92 Å². The van der Waals surface area contributed by atoms with Crippen molar-refractivity contribution in [2.45, 2.75) is 6.92 Å². The zero-order chi connectivity index (χ0) is 15.5. The van der Waals surface area contributed by atoms with Gasteiger partial charge in [-0.1, -0.05) is 17.7 Å². The molecule has 1 aliphatic heterocycles. The van der Waals surface area contributed by atoms with Gasteiger partial charge in [0.1, 0.15) is 0 Å². The molecule has 0 unspecified atom stereocenters. The quantitative estimate of drug-likeness (QED) is 0.927. The molecule has 22 heavy (non-hydrogen) atoms. The molecule has 1 aromatic carbocycles. The van der Waals surface area contributed by atoms with Gasteiger partial charge in [-0.15, -0.1) is 0 Å². The van der Waals surface area contributed by atoms with E-state index in [1.807, 2.05) is 30.0 Å². The van der Waals surface area contributed by atoms with Crippen LogP contribution in [0.1, 0.15) is 5.56 Å². The second-order valence-corrected chi connectivity index (χ2v) is 5.66. The van der Waals surface area contributed by atoms with E-state index in [4.69, 9.17) is 27.9 Å². The van der Waals surface area contributed by atoms with Gasteiger partial charge in [0.25, 0.3) is 0 Å². The van der Waals surface area contributed by atoms with E-state index in [0.717, 1.165) is 24.3 Å². The normalized spacial score (nSPS) is 15.0. The molecule has 116 valence electrons. The van der Waals surface area contributed by atoms with Crippen LogP contribution in [0.2, 0.25) is 10.3 Å². The van der Waals surface area contributed by atoms with Crippen LogP contribution in [0.5, 0.6) is 0 Å². The van der Waals surface area contributed by atoms with Crippen molar-refractivity contribution < 1.29 is 4.74 Å². The summed E-state index contributed by atoms with van der Waals surface area (Å²) in [6, 6.07) is 5.66. The lowest BCUT2D eigenvalue weighted by atomic mass is 10.2. The number of hydrogen-bond acceptors (Lipinski definition) is 6. The number of rotatable bonds is 3. The van der Waals surface area contributed by atoms with Crippen molar-refractivity contribution in [2.24, 2.45) is 0 Å². The summed E-state index contributed by atoms with van der Waals surface area (Å²) in [4.78, 5) is 14.7. The first-order valence-electron chi connectivity index (χ1n) is 6.89. The summed E-state index contributed by atoms with van der Waals surface area (Å²) in [7, 11) is 0. The Morgan fingerprint density at radius 2 is 1.91 bits per heavy atom. The van der Waals surface area contributed by atoms with E-state index in [-0.39, 0.29) is 5.28 Å². The summed E-state index contributed by atoms with van der Waals surface area (Å²) in [6.45, 7) is 4.72. The molecule has 0 spiro atoms. The summed E-state index contributed by atoms with van der Waals surface area (Å²) in [5.41, 5.74) is 1.81. The van der Waals surface area contributed by atoms with Gasteiger partial charge in [-0.05, 0) is 36.2 Å². The highest BCUT2D eigenvalue weighted by Gasteiger charge is 2.16. The molecular formula is C14H15Cl2N5O. The van der Waals surface area contributed by atoms with Crippen molar-refractivity contribution >= 4 is 40.8 Å². The minimum Gasteiger partial charge on any atom is -0.378 e. The van der Waals surface area contributed by atoms with Crippen LogP contribution in [0.3, 0.4) is 0 Å². The highest BCUT2D eigenvalue weighted by atomic mass is 35.5. The third kappa shape index (κ3) is 3.58. The van der Waals surface area contributed by atoms with Crippen molar-refractivity contribution in [3.63, 3.8) is 0 Å². The Morgan fingerprint density at radius 3 is 2.64 bits per heavy atom. The first-order valence-corrected chi connectivity index (χ1v) is 7.65. The second kappa shape index (κ2) is 6.64. The summed E-state index contributed by atoms with van der Waals surface area (Å²) in [5, 5.41) is 3.93. The smallest absolute Gasteiger partial charge is 0.233 e. The van der Waals surface area contributed by atoms with Crippen molar-refractivity contribution in [1.82, 2.24) is 15.0 Å². The fourth-order valence-corrected chi connectivity index (χ4v) is 2.44. The maximum Gasteiger partial charge on any atom is 0.233 e. The van der Waals surface area contributed by atoms with Gasteiger partial charge < -0.3 is 15.0 Å². The molecule has 1 N–H and O–H groups in total. The van der Waals surface area contributed by atoms with E-state index in [9.17, 15) is 0 Å². The summed E-state index contributed by atoms with van der Waals surface area (Å²) < 4.78 is 5.33. The molecule has 1 aliphatic rings. The van der Waals surface area contributed by atoms with Crippen LogP contribution in [0.15, 0.2) is 18.2 Å². The first-order chi connectivity index (χ1) is 10.6. The van der Waals surface area contributed by atoms with Crippen molar-refractivity contribution in [1.29, 1.82) is 0 Å². The van der Waals surface area contributed by atoms with Crippen molar-refractivity contribution in [3.05, 3.63) is 34.1 Å². The molecule has 0 radical (unpaired) electrons. The van der Waals surface area contributed by atoms with Crippen LogP contribution < -0.4 is 10.2 Å². The molecule has 3 rings (SSSR count). The van der Waals surface area contributed by atoms with Gasteiger partial charge in [-0.2, -0.15) is 15.0 Å². The average molecular weight is 340 g/mol. The molecule has 8 heteroatoms. The molecule has 0 saturated carbocycles. The lowest BCUT2D eigenvalue weighted by Crippen LogP contribution is -2.37. The number of aromatic nitrogens is 3. The number of hydrogen-bond donors (Lipinski definition) is 1. The third-order valence-corrected chi connectivity index (χ3v) is 3.89. The van der Waals surface area contributed by atoms with E-state index in [0.29, 0.717) is 30.1 Å². The predicted octanol–water partition coefficient (Wildman–Crippen LogP) is 3.07. The van der Waals surface area contributed by atoms with Gasteiger partial charge in [0.15, 0.2) is 0 Å². The Morgan fingerprint density at radius 1 is 1.14 bits per heavy atom. The van der Waals surface area contributed by atoms with Crippen LogP contribution in [-0.4, -0.2) is 41.3 Å². The van der Waals surface area contributed by atoms with E-state index in [1.165, 1.54) is 0 Å². The largest absolute Gasteiger partial charge is 0.378 e. The first kappa shape index (κ1) is 15.3.